The van der Waals surface area contributed by atoms with Crippen molar-refractivity contribution in [3.8, 4) is 0 Å². The van der Waals surface area contributed by atoms with Crippen LogP contribution in [-0.2, 0) is 9.53 Å². The first-order valence-electron chi connectivity index (χ1n) is 4.64. The van der Waals surface area contributed by atoms with E-state index < -0.39 is 0 Å². The quantitative estimate of drug-likeness (QED) is 0.530. The van der Waals surface area contributed by atoms with Crippen LogP contribution < -0.4 is 5.09 Å². The lowest BCUT2D eigenvalue weighted by molar-refractivity contribution is -0.148. The van der Waals surface area contributed by atoms with E-state index in [0.29, 0.717) is 0 Å². The van der Waals surface area contributed by atoms with Gasteiger partial charge in [-0.25, -0.2) is 0 Å². The van der Waals surface area contributed by atoms with Crippen molar-refractivity contribution in [1.82, 2.24) is 5.09 Å². The monoisotopic (exact) mass is 205 g/mol. The molecule has 13 heavy (non-hydrogen) atoms. The summed E-state index contributed by atoms with van der Waals surface area (Å²) in [6.07, 6.45) is 5.68. The molecule has 0 bridgehead atoms. The number of hydrogen-bond donors (Lipinski definition) is 2. The van der Waals surface area contributed by atoms with Crippen molar-refractivity contribution in [3.63, 3.8) is 0 Å². The summed E-state index contributed by atoms with van der Waals surface area (Å²) in [5.41, 5.74) is 0. The van der Waals surface area contributed by atoms with Crippen LogP contribution in [0.25, 0.3) is 0 Å². The Morgan fingerprint density at radius 1 is 1.46 bits per heavy atom. The molecule has 0 spiro atoms. The summed E-state index contributed by atoms with van der Waals surface area (Å²) in [6.45, 7) is 0.117. The highest BCUT2D eigenvalue weighted by atomic mass is 31.1. The van der Waals surface area contributed by atoms with Crippen LogP contribution >= 0.6 is 8.96 Å². The van der Waals surface area contributed by atoms with Gasteiger partial charge < -0.3 is 9.63 Å². The highest BCUT2D eigenvalue weighted by molar-refractivity contribution is 7.28. The van der Waals surface area contributed by atoms with E-state index in [9.17, 15) is 4.79 Å². The second-order valence-electron chi connectivity index (χ2n) is 3.22. The maximum absolute atomic E-state index is 11.1. The Kier molecular flexibility index (Phi) is 5.28. The third kappa shape index (κ3) is 4.55. The molecule has 0 aromatic heterocycles. The summed E-state index contributed by atoms with van der Waals surface area (Å²) >= 11 is 0. The molecule has 1 unspecified atom stereocenters. The Morgan fingerprint density at radius 2 is 2.15 bits per heavy atom. The van der Waals surface area contributed by atoms with E-state index in [2.05, 4.69) is 5.09 Å². The molecular weight excluding hydrogens is 189 g/mol. The summed E-state index contributed by atoms with van der Waals surface area (Å²) in [4.78, 5) is 19.5. The summed E-state index contributed by atoms with van der Waals surface area (Å²) in [6, 6.07) is 0. The molecule has 0 aromatic carbocycles. The van der Waals surface area contributed by atoms with Crippen molar-refractivity contribution in [2.45, 2.75) is 38.2 Å². The molecule has 0 aliphatic heterocycles. The maximum Gasteiger partial charge on any atom is 0.320 e. The molecule has 0 amide bonds. The van der Waals surface area contributed by atoms with Gasteiger partial charge in [0.05, 0.1) is 15.5 Å². The fourth-order valence-corrected chi connectivity index (χ4v) is 1.75. The molecule has 1 aliphatic rings. The van der Waals surface area contributed by atoms with Crippen LogP contribution in [0.4, 0.5) is 0 Å². The van der Waals surface area contributed by atoms with Crippen molar-refractivity contribution in [2.75, 3.05) is 6.54 Å². The Balaban J connectivity index is 2.11. The van der Waals surface area contributed by atoms with Crippen molar-refractivity contribution in [2.24, 2.45) is 0 Å². The number of carbonyl (C=O) groups excluding carboxylic acids is 1. The Bertz CT molecular complexity index is 159. The van der Waals surface area contributed by atoms with Crippen LogP contribution in [0.5, 0.6) is 0 Å². The lowest BCUT2D eigenvalue weighted by Gasteiger charge is -2.21. The van der Waals surface area contributed by atoms with Gasteiger partial charge in [0.1, 0.15) is 6.10 Å². The van der Waals surface area contributed by atoms with E-state index in [1.165, 1.54) is 6.42 Å². The molecule has 76 valence electrons. The van der Waals surface area contributed by atoms with Crippen LogP contribution in [0.3, 0.4) is 0 Å². The highest BCUT2D eigenvalue weighted by Gasteiger charge is 2.16. The van der Waals surface area contributed by atoms with Crippen molar-refractivity contribution < 1.29 is 14.4 Å². The number of rotatable bonds is 4. The third-order valence-electron chi connectivity index (χ3n) is 2.16. The minimum Gasteiger partial charge on any atom is -0.461 e. The predicted molar refractivity (Wildman–Crippen MR) is 51.5 cm³/mol. The summed E-state index contributed by atoms with van der Waals surface area (Å²) in [5.74, 6) is -0.256. The third-order valence-corrected chi connectivity index (χ3v) is 2.50. The van der Waals surface area contributed by atoms with Gasteiger partial charge in [0.15, 0.2) is 0 Å². The van der Waals surface area contributed by atoms with E-state index in [0.717, 1.165) is 25.7 Å². The maximum atomic E-state index is 11.1. The number of esters is 1. The summed E-state index contributed by atoms with van der Waals surface area (Å²) < 4.78 is 5.19. The minimum atomic E-state index is -0.388. The standard InChI is InChI=1S/C8H16NO3P/c10-8(6-9-13-11)12-7-4-2-1-3-5-7/h7,9,11,13H,1-6H2. The molecule has 2 N–H and O–H groups in total. The first-order chi connectivity index (χ1) is 6.33. The smallest absolute Gasteiger partial charge is 0.320 e. The molecule has 0 saturated heterocycles. The molecule has 1 rings (SSSR count). The molecule has 1 aliphatic carbocycles. The van der Waals surface area contributed by atoms with Crippen molar-refractivity contribution in [1.29, 1.82) is 0 Å². The van der Waals surface area contributed by atoms with Crippen LogP contribution in [-0.4, -0.2) is 23.5 Å². The number of nitrogens with one attached hydrogen (secondary N) is 1. The topological polar surface area (TPSA) is 58.6 Å². The normalized spacial score (nSPS) is 19.5. The van der Waals surface area contributed by atoms with Crippen molar-refractivity contribution >= 4 is 14.9 Å². The Morgan fingerprint density at radius 3 is 2.77 bits per heavy atom. The van der Waals surface area contributed by atoms with Gasteiger partial charge in [-0.3, -0.25) is 9.88 Å². The predicted octanol–water partition coefficient (Wildman–Crippen LogP) is 0.953. The van der Waals surface area contributed by atoms with Gasteiger partial charge in [0.25, 0.3) is 0 Å². The lowest BCUT2D eigenvalue weighted by Crippen LogP contribution is -2.26. The molecule has 0 radical (unpaired) electrons. The van der Waals surface area contributed by atoms with E-state index in [-0.39, 0.29) is 27.6 Å². The molecule has 0 heterocycles. The SMILES string of the molecule is O=C(CNPO)OC1CCCCC1. The van der Waals surface area contributed by atoms with E-state index >= 15 is 0 Å². The molecule has 1 fully saturated rings. The lowest BCUT2D eigenvalue weighted by atomic mass is 9.98. The van der Waals surface area contributed by atoms with Crippen LogP contribution in [0.2, 0.25) is 0 Å². The van der Waals surface area contributed by atoms with E-state index in [4.69, 9.17) is 9.63 Å². The largest absolute Gasteiger partial charge is 0.461 e. The number of carbonyl (C=O) groups is 1. The molecule has 0 aromatic rings. The van der Waals surface area contributed by atoms with Gasteiger partial charge >= 0.3 is 5.97 Å². The molecule has 1 saturated carbocycles. The average molecular weight is 205 g/mol. The van der Waals surface area contributed by atoms with Crippen molar-refractivity contribution in [3.05, 3.63) is 0 Å². The molecular formula is C8H16NO3P. The van der Waals surface area contributed by atoms with E-state index in [1.807, 2.05) is 0 Å². The zero-order valence-corrected chi connectivity index (χ0v) is 8.58. The summed E-state index contributed by atoms with van der Waals surface area (Å²) in [7, 11) is -0.388. The molecule has 4 nitrogen and oxygen atoms in total. The number of ether oxygens (including phenoxy) is 1. The Hall–Kier alpha value is -0.180. The first-order valence-corrected chi connectivity index (χ1v) is 5.59. The zero-order valence-electron chi connectivity index (χ0n) is 7.58. The van der Waals surface area contributed by atoms with Gasteiger partial charge in [0, 0.05) is 0 Å². The van der Waals surface area contributed by atoms with Gasteiger partial charge in [-0.15, -0.1) is 0 Å². The molecule has 1 atom stereocenters. The fraction of sp³-hybridized carbons (Fsp3) is 0.875. The highest BCUT2D eigenvalue weighted by Crippen LogP contribution is 2.20. The Labute approximate surface area is 80.0 Å². The average Bonchev–Trinajstić information content (AvgIpc) is 2.16. The minimum absolute atomic E-state index is 0.116. The number of hydrogen-bond acceptors (Lipinski definition) is 4. The van der Waals surface area contributed by atoms with Gasteiger partial charge in [-0.1, -0.05) is 6.42 Å². The summed E-state index contributed by atoms with van der Waals surface area (Å²) in [5, 5.41) is 2.55. The van der Waals surface area contributed by atoms with Gasteiger partial charge in [-0.2, -0.15) is 0 Å². The van der Waals surface area contributed by atoms with E-state index in [1.54, 1.807) is 0 Å². The van der Waals surface area contributed by atoms with Crippen LogP contribution in [0.15, 0.2) is 0 Å². The first kappa shape index (κ1) is 10.9. The van der Waals surface area contributed by atoms with Crippen LogP contribution in [0, 0.1) is 0 Å². The fourth-order valence-electron chi connectivity index (χ4n) is 1.52. The second-order valence-corrected chi connectivity index (χ2v) is 3.79. The van der Waals surface area contributed by atoms with Crippen LogP contribution in [0.1, 0.15) is 32.1 Å². The second kappa shape index (κ2) is 6.30. The molecule has 5 heteroatoms. The zero-order chi connectivity index (χ0) is 9.52. The van der Waals surface area contributed by atoms with Gasteiger partial charge in [0.2, 0.25) is 0 Å². The van der Waals surface area contributed by atoms with Gasteiger partial charge in [-0.05, 0) is 25.7 Å².